The first kappa shape index (κ1) is 16.4. The minimum atomic E-state index is -0.882. The number of nitrogens with zero attached hydrogens (tertiary/aromatic N) is 2. The molecule has 0 aliphatic carbocycles. The molecule has 0 spiro atoms. The molecule has 1 amide bonds. The molecule has 2 aromatic carbocycles. The molecule has 0 radical (unpaired) electrons. The van der Waals surface area contributed by atoms with Crippen molar-refractivity contribution in [2.24, 2.45) is 5.18 Å². The van der Waals surface area contributed by atoms with Gasteiger partial charge >= 0.3 is 5.91 Å². The van der Waals surface area contributed by atoms with E-state index in [1.54, 1.807) is 18.2 Å². The Labute approximate surface area is 143 Å². The lowest BCUT2D eigenvalue weighted by molar-refractivity contribution is -0.113. The fourth-order valence-corrected chi connectivity index (χ4v) is 2.73. The molecule has 2 N–H and O–H groups in total. The third kappa shape index (κ3) is 3.42. The van der Waals surface area contributed by atoms with Crippen LogP contribution in [0.25, 0.3) is 16.8 Å². The number of aromatic nitrogens is 1. The maximum atomic E-state index is 10.9. The first-order valence-electron chi connectivity index (χ1n) is 7.73. The van der Waals surface area contributed by atoms with Crippen LogP contribution in [0.2, 0.25) is 0 Å². The topological polar surface area (TPSA) is 91.9 Å². The summed E-state index contributed by atoms with van der Waals surface area (Å²) in [6.45, 7) is 0.426. The Balaban J connectivity index is 1.91. The van der Waals surface area contributed by atoms with Gasteiger partial charge in [-0.25, -0.2) is 0 Å². The number of carbonyl (C=O) groups excluding carboxylic acids is 1. The van der Waals surface area contributed by atoms with Crippen LogP contribution in [-0.2, 0) is 17.8 Å². The zero-order chi connectivity index (χ0) is 17.8. The highest BCUT2D eigenvalue weighted by Gasteiger charge is 2.15. The van der Waals surface area contributed by atoms with Gasteiger partial charge in [-0.05, 0) is 35.8 Å². The van der Waals surface area contributed by atoms with Crippen molar-refractivity contribution in [1.29, 1.82) is 0 Å². The standard InChI is InChI=1S/C19H16N2O4/c22-17(20-25)9-7-14-6-8-15-16(12-14)19(24)21(18(15)23)11-10-13-4-2-1-3-5-13/h1-9,12,23-24H,10-11H2/b9-7+. The number of benzene rings is 2. The molecule has 0 saturated carbocycles. The van der Waals surface area contributed by atoms with Crippen molar-refractivity contribution in [3.05, 3.63) is 70.6 Å². The predicted octanol–water partition coefficient (Wildman–Crippen LogP) is 3.60. The average Bonchev–Trinajstić information content (AvgIpc) is 2.89. The van der Waals surface area contributed by atoms with Crippen molar-refractivity contribution < 1.29 is 15.0 Å². The summed E-state index contributed by atoms with van der Waals surface area (Å²) in [7, 11) is 0. The van der Waals surface area contributed by atoms with E-state index in [0.29, 0.717) is 29.3 Å². The number of fused-ring (bicyclic) bond motifs is 1. The third-order valence-electron chi connectivity index (χ3n) is 4.01. The van der Waals surface area contributed by atoms with Gasteiger partial charge in [0, 0.05) is 28.6 Å². The monoisotopic (exact) mass is 336 g/mol. The molecule has 0 bridgehead atoms. The highest BCUT2D eigenvalue weighted by molar-refractivity contribution is 5.96. The van der Waals surface area contributed by atoms with Crippen molar-refractivity contribution in [1.82, 2.24) is 4.57 Å². The number of aromatic hydroxyl groups is 2. The Kier molecular flexibility index (Phi) is 4.61. The number of hydrogen-bond acceptors (Lipinski definition) is 4. The van der Waals surface area contributed by atoms with Crippen LogP contribution in [0.1, 0.15) is 11.1 Å². The molecule has 1 heterocycles. The molecule has 0 saturated heterocycles. The highest BCUT2D eigenvalue weighted by Crippen LogP contribution is 2.37. The zero-order valence-electron chi connectivity index (χ0n) is 13.3. The lowest BCUT2D eigenvalue weighted by Gasteiger charge is -2.06. The minimum absolute atomic E-state index is 0.00963. The van der Waals surface area contributed by atoms with Gasteiger partial charge < -0.3 is 10.2 Å². The molecular weight excluding hydrogens is 320 g/mol. The smallest absolute Gasteiger partial charge is 0.309 e. The second-order valence-electron chi connectivity index (χ2n) is 5.60. The number of aryl methyl sites for hydroxylation is 1. The van der Waals surface area contributed by atoms with E-state index in [0.717, 1.165) is 11.6 Å². The Hall–Kier alpha value is -3.41. The minimum Gasteiger partial charge on any atom is -0.494 e. The van der Waals surface area contributed by atoms with Gasteiger partial charge in [0.25, 0.3) is 0 Å². The SMILES string of the molecule is O=NC(=O)/C=C/c1ccc2c(O)n(CCc3ccccc3)c(O)c2c1. The molecule has 1 aromatic heterocycles. The van der Waals surface area contributed by atoms with Gasteiger partial charge in [0.1, 0.15) is 0 Å². The van der Waals surface area contributed by atoms with Crippen molar-refractivity contribution in [2.45, 2.75) is 13.0 Å². The van der Waals surface area contributed by atoms with Crippen molar-refractivity contribution in [3.8, 4) is 11.8 Å². The van der Waals surface area contributed by atoms with Crippen LogP contribution in [0, 0.1) is 4.91 Å². The second-order valence-corrected chi connectivity index (χ2v) is 5.60. The molecule has 126 valence electrons. The summed E-state index contributed by atoms with van der Waals surface area (Å²) in [5.41, 5.74) is 1.71. The van der Waals surface area contributed by atoms with Crippen LogP contribution in [-0.4, -0.2) is 20.7 Å². The molecule has 0 aliphatic heterocycles. The molecule has 0 fully saturated rings. The fourth-order valence-electron chi connectivity index (χ4n) is 2.73. The Morgan fingerprint density at radius 2 is 1.76 bits per heavy atom. The quantitative estimate of drug-likeness (QED) is 0.550. The maximum Gasteiger partial charge on any atom is 0.309 e. The normalized spacial score (nSPS) is 11.2. The molecule has 3 rings (SSSR count). The fraction of sp³-hybridized carbons (Fsp3) is 0.105. The van der Waals surface area contributed by atoms with Gasteiger partial charge in [-0.15, -0.1) is 4.91 Å². The number of hydrogen-bond donors (Lipinski definition) is 2. The van der Waals surface area contributed by atoms with Gasteiger partial charge in [-0.2, -0.15) is 0 Å². The molecule has 25 heavy (non-hydrogen) atoms. The van der Waals surface area contributed by atoms with Crippen LogP contribution in [0.4, 0.5) is 0 Å². The van der Waals surface area contributed by atoms with Crippen molar-refractivity contribution in [3.63, 3.8) is 0 Å². The Morgan fingerprint density at radius 1 is 1.04 bits per heavy atom. The summed E-state index contributed by atoms with van der Waals surface area (Å²) in [6, 6.07) is 14.8. The van der Waals surface area contributed by atoms with Gasteiger partial charge in [-0.3, -0.25) is 9.36 Å². The van der Waals surface area contributed by atoms with E-state index in [2.05, 4.69) is 5.18 Å². The van der Waals surface area contributed by atoms with E-state index in [-0.39, 0.29) is 11.8 Å². The lowest BCUT2D eigenvalue weighted by Crippen LogP contribution is -2.00. The number of rotatable bonds is 5. The largest absolute Gasteiger partial charge is 0.494 e. The van der Waals surface area contributed by atoms with Gasteiger partial charge in [0.15, 0.2) is 0 Å². The van der Waals surface area contributed by atoms with Gasteiger partial charge in [0.2, 0.25) is 11.8 Å². The van der Waals surface area contributed by atoms with Crippen LogP contribution >= 0.6 is 0 Å². The molecular formula is C19H16N2O4. The van der Waals surface area contributed by atoms with Crippen LogP contribution in [0.15, 0.2) is 59.8 Å². The highest BCUT2D eigenvalue weighted by atomic mass is 16.3. The summed E-state index contributed by atoms with van der Waals surface area (Å²) >= 11 is 0. The molecule has 6 heteroatoms. The van der Waals surface area contributed by atoms with Crippen molar-refractivity contribution in [2.75, 3.05) is 0 Å². The third-order valence-corrected chi connectivity index (χ3v) is 4.01. The summed E-state index contributed by atoms with van der Waals surface area (Å²) in [4.78, 5) is 21.0. The summed E-state index contributed by atoms with van der Waals surface area (Å²) in [5.74, 6) is -0.935. The van der Waals surface area contributed by atoms with Gasteiger partial charge in [0.05, 0.1) is 0 Å². The molecule has 3 aromatic rings. The molecule has 6 nitrogen and oxygen atoms in total. The predicted molar refractivity (Wildman–Crippen MR) is 95.2 cm³/mol. The second kappa shape index (κ2) is 7.00. The van der Waals surface area contributed by atoms with Crippen LogP contribution in [0.5, 0.6) is 11.8 Å². The molecule has 0 atom stereocenters. The molecule has 0 unspecified atom stereocenters. The molecule has 0 aliphatic rings. The number of carbonyl (C=O) groups is 1. The Bertz CT molecular complexity index is 958. The van der Waals surface area contributed by atoms with Gasteiger partial charge in [-0.1, -0.05) is 36.4 Å². The zero-order valence-corrected chi connectivity index (χ0v) is 13.3. The van der Waals surface area contributed by atoms with E-state index >= 15 is 0 Å². The van der Waals surface area contributed by atoms with Crippen LogP contribution < -0.4 is 0 Å². The maximum absolute atomic E-state index is 10.9. The first-order valence-corrected chi connectivity index (χ1v) is 7.73. The summed E-state index contributed by atoms with van der Waals surface area (Å²) < 4.78 is 1.45. The van der Waals surface area contributed by atoms with E-state index in [1.807, 2.05) is 30.3 Å². The van der Waals surface area contributed by atoms with E-state index in [9.17, 15) is 19.9 Å². The van der Waals surface area contributed by atoms with E-state index < -0.39 is 5.91 Å². The van der Waals surface area contributed by atoms with E-state index in [1.165, 1.54) is 10.6 Å². The summed E-state index contributed by atoms with van der Waals surface area (Å²) in [5, 5.41) is 24.1. The average molecular weight is 336 g/mol. The van der Waals surface area contributed by atoms with Crippen molar-refractivity contribution >= 4 is 22.8 Å². The van der Waals surface area contributed by atoms with Crippen LogP contribution in [0.3, 0.4) is 0 Å². The Morgan fingerprint density at radius 3 is 2.48 bits per heavy atom. The number of amides is 1. The van der Waals surface area contributed by atoms with E-state index in [4.69, 9.17) is 0 Å². The number of nitroso groups, excluding NO2 is 1. The lowest BCUT2D eigenvalue weighted by atomic mass is 10.1. The summed E-state index contributed by atoms with van der Waals surface area (Å²) in [6.07, 6.45) is 3.15. The first-order chi connectivity index (χ1) is 12.1.